The Morgan fingerprint density at radius 2 is 1.82 bits per heavy atom. The summed E-state index contributed by atoms with van der Waals surface area (Å²) in [6, 6.07) is 7.93. The second-order valence-electron chi connectivity index (χ2n) is 8.85. The topological polar surface area (TPSA) is 72.4 Å². The molecule has 1 saturated carbocycles. The molecule has 0 radical (unpaired) electrons. The van der Waals surface area contributed by atoms with Gasteiger partial charge in [-0.1, -0.05) is 6.07 Å². The number of hydrogen-bond acceptors (Lipinski definition) is 7. The van der Waals surface area contributed by atoms with Gasteiger partial charge in [0.15, 0.2) is 0 Å². The third kappa shape index (κ3) is 5.52. The van der Waals surface area contributed by atoms with Gasteiger partial charge in [-0.15, -0.1) is 0 Å². The van der Waals surface area contributed by atoms with Gasteiger partial charge >= 0.3 is 0 Å². The molecule has 0 amide bonds. The van der Waals surface area contributed by atoms with E-state index >= 15 is 0 Å². The minimum absolute atomic E-state index is 0.101. The molecule has 3 aromatic rings. The molecule has 5 rings (SSSR count). The van der Waals surface area contributed by atoms with E-state index in [2.05, 4.69) is 37.3 Å². The first kappa shape index (κ1) is 22.7. The lowest BCUT2D eigenvalue weighted by atomic mass is 9.93. The lowest BCUT2D eigenvalue weighted by Crippen LogP contribution is -2.36. The molecule has 1 saturated heterocycles. The number of alkyl halides is 2. The summed E-state index contributed by atoms with van der Waals surface area (Å²) in [4.78, 5) is 15.6. The number of aromatic nitrogens is 3. The van der Waals surface area contributed by atoms with Gasteiger partial charge in [0, 0.05) is 55.9 Å². The van der Waals surface area contributed by atoms with Crippen LogP contribution in [-0.2, 0) is 11.2 Å². The number of benzene rings is 1. The third-order valence-corrected chi connectivity index (χ3v) is 6.43. The average molecular weight is 470 g/mol. The van der Waals surface area contributed by atoms with Crippen LogP contribution < -0.4 is 15.0 Å². The highest BCUT2D eigenvalue weighted by atomic mass is 19.3. The summed E-state index contributed by atoms with van der Waals surface area (Å²) in [7, 11) is 0. The SMILES string of the molecule is FC(F)Cc1ccc(NC2CCC(Oc3cc(N4CCOCC4)cc4nccnc34)CC2)nc1. The van der Waals surface area contributed by atoms with E-state index in [0.29, 0.717) is 5.56 Å². The molecule has 2 aliphatic rings. The van der Waals surface area contributed by atoms with Gasteiger partial charge in [-0.05, 0) is 43.4 Å². The van der Waals surface area contributed by atoms with Gasteiger partial charge in [0.25, 0.3) is 0 Å². The molecule has 180 valence electrons. The minimum Gasteiger partial charge on any atom is -0.488 e. The first-order valence-corrected chi connectivity index (χ1v) is 11.9. The van der Waals surface area contributed by atoms with Gasteiger partial charge in [0.2, 0.25) is 6.43 Å². The van der Waals surface area contributed by atoms with Gasteiger partial charge < -0.3 is 19.7 Å². The van der Waals surface area contributed by atoms with Gasteiger partial charge in [-0.25, -0.2) is 18.7 Å². The van der Waals surface area contributed by atoms with E-state index in [1.54, 1.807) is 24.5 Å². The second-order valence-corrected chi connectivity index (χ2v) is 8.85. The highest BCUT2D eigenvalue weighted by Gasteiger charge is 2.24. The lowest BCUT2D eigenvalue weighted by Gasteiger charge is -2.31. The van der Waals surface area contributed by atoms with Crippen LogP contribution in [0.3, 0.4) is 0 Å². The van der Waals surface area contributed by atoms with Crippen LogP contribution in [0.5, 0.6) is 5.75 Å². The van der Waals surface area contributed by atoms with Crippen molar-refractivity contribution < 1.29 is 18.3 Å². The second kappa shape index (κ2) is 10.5. The molecule has 1 aliphatic heterocycles. The van der Waals surface area contributed by atoms with Crippen LogP contribution in [0, 0.1) is 0 Å². The molecule has 2 aromatic heterocycles. The first-order chi connectivity index (χ1) is 16.6. The monoisotopic (exact) mass is 469 g/mol. The van der Waals surface area contributed by atoms with Gasteiger partial charge in [0.05, 0.1) is 24.8 Å². The molecule has 1 N–H and O–H groups in total. The third-order valence-electron chi connectivity index (χ3n) is 6.43. The maximum Gasteiger partial charge on any atom is 0.242 e. The summed E-state index contributed by atoms with van der Waals surface area (Å²) < 4.78 is 37.0. The number of nitrogens with zero attached hydrogens (tertiary/aromatic N) is 4. The molecule has 9 heteroatoms. The van der Waals surface area contributed by atoms with Crippen molar-refractivity contribution >= 4 is 22.5 Å². The van der Waals surface area contributed by atoms with Crippen molar-refractivity contribution in [3.8, 4) is 5.75 Å². The Kier molecular flexibility index (Phi) is 6.99. The highest BCUT2D eigenvalue weighted by Crippen LogP contribution is 2.33. The summed E-state index contributed by atoms with van der Waals surface area (Å²) in [6.45, 7) is 3.13. The van der Waals surface area contributed by atoms with E-state index in [-0.39, 0.29) is 18.6 Å². The zero-order chi connectivity index (χ0) is 23.3. The molecule has 0 unspecified atom stereocenters. The predicted octanol–water partition coefficient (Wildman–Crippen LogP) is 4.47. The highest BCUT2D eigenvalue weighted by molar-refractivity contribution is 5.85. The number of rotatable bonds is 7. The van der Waals surface area contributed by atoms with E-state index in [9.17, 15) is 8.78 Å². The van der Waals surface area contributed by atoms with Crippen LogP contribution in [0.2, 0.25) is 0 Å². The van der Waals surface area contributed by atoms with Gasteiger partial charge in [-0.2, -0.15) is 0 Å². The van der Waals surface area contributed by atoms with Crippen molar-refractivity contribution in [2.24, 2.45) is 0 Å². The predicted molar refractivity (Wildman–Crippen MR) is 127 cm³/mol. The van der Waals surface area contributed by atoms with Crippen molar-refractivity contribution in [2.75, 3.05) is 36.5 Å². The van der Waals surface area contributed by atoms with E-state index < -0.39 is 6.43 Å². The number of halogens is 2. The molecular weight excluding hydrogens is 440 g/mol. The zero-order valence-corrected chi connectivity index (χ0v) is 19.0. The summed E-state index contributed by atoms with van der Waals surface area (Å²) in [5, 5.41) is 3.43. The Bertz CT molecular complexity index is 1080. The van der Waals surface area contributed by atoms with E-state index in [0.717, 1.165) is 80.3 Å². The number of fused-ring (bicyclic) bond motifs is 1. The molecule has 1 aliphatic carbocycles. The fourth-order valence-electron chi connectivity index (χ4n) is 4.65. The number of ether oxygens (including phenoxy) is 2. The number of pyridine rings is 1. The molecule has 0 bridgehead atoms. The summed E-state index contributed by atoms with van der Waals surface area (Å²) in [5.74, 6) is 1.50. The van der Waals surface area contributed by atoms with E-state index in [1.165, 1.54) is 6.20 Å². The number of anilines is 2. The molecule has 3 heterocycles. The van der Waals surface area contributed by atoms with Crippen molar-refractivity contribution in [2.45, 2.75) is 50.7 Å². The van der Waals surface area contributed by atoms with Crippen LogP contribution in [0.4, 0.5) is 20.3 Å². The molecular formula is C25H29F2N5O2. The first-order valence-electron chi connectivity index (χ1n) is 11.9. The van der Waals surface area contributed by atoms with Crippen LogP contribution in [0.15, 0.2) is 42.9 Å². The normalized spacial score (nSPS) is 21.1. The van der Waals surface area contributed by atoms with Gasteiger partial charge in [0.1, 0.15) is 17.1 Å². The molecule has 7 nitrogen and oxygen atoms in total. The van der Waals surface area contributed by atoms with E-state index in [4.69, 9.17) is 9.47 Å². The molecule has 2 fully saturated rings. The van der Waals surface area contributed by atoms with Gasteiger partial charge in [-0.3, -0.25) is 4.98 Å². The number of morpholine rings is 1. The van der Waals surface area contributed by atoms with Crippen LogP contribution in [0.1, 0.15) is 31.2 Å². The summed E-state index contributed by atoms with van der Waals surface area (Å²) in [5.41, 5.74) is 3.25. The van der Waals surface area contributed by atoms with Crippen molar-refractivity contribution in [1.29, 1.82) is 0 Å². The van der Waals surface area contributed by atoms with Crippen LogP contribution >= 0.6 is 0 Å². The van der Waals surface area contributed by atoms with E-state index in [1.807, 2.05) is 0 Å². The van der Waals surface area contributed by atoms with Crippen LogP contribution in [0.25, 0.3) is 11.0 Å². The zero-order valence-electron chi connectivity index (χ0n) is 19.0. The molecule has 34 heavy (non-hydrogen) atoms. The quantitative estimate of drug-likeness (QED) is 0.547. The molecule has 0 atom stereocenters. The van der Waals surface area contributed by atoms with Crippen molar-refractivity contribution in [3.05, 3.63) is 48.4 Å². The van der Waals surface area contributed by atoms with Crippen molar-refractivity contribution in [1.82, 2.24) is 15.0 Å². The number of hydrogen-bond donors (Lipinski definition) is 1. The molecule has 1 aromatic carbocycles. The smallest absolute Gasteiger partial charge is 0.242 e. The minimum atomic E-state index is -2.35. The Morgan fingerprint density at radius 3 is 2.56 bits per heavy atom. The Hall–Kier alpha value is -3.07. The van der Waals surface area contributed by atoms with Crippen LogP contribution in [-0.4, -0.2) is 59.8 Å². The maximum absolute atomic E-state index is 12.5. The fraction of sp³-hybridized carbons (Fsp3) is 0.480. The average Bonchev–Trinajstić information content (AvgIpc) is 2.86. The Labute approximate surface area is 197 Å². The summed E-state index contributed by atoms with van der Waals surface area (Å²) in [6.07, 6.45) is 6.12. The van der Waals surface area contributed by atoms with Crippen molar-refractivity contribution in [3.63, 3.8) is 0 Å². The molecule has 0 spiro atoms. The maximum atomic E-state index is 12.5. The number of nitrogens with one attached hydrogen (secondary N) is 1. The summed E-state index contributed by atoms with van der Waals surface area (Å²) >= 11 is 0. The lowest BCUT2D eigenvalue weighted by molar-refractivity contribution is 0.122. The largest absolute Gasteiger partial charge is 0.488 e. The standard InChI is InChI=1S/C25H29F2N5O2/c26-23(27)13-17-1-6-24(30-16-17)31-18-2-4-20(5-3-18)34-22-15-19(32-9-11-33-12-10-32)14-21-25(22)29-8-7-28-21/h1,6-8,14-16,18,20,23H,2-5,9-13H2,(H,30,31). The Morgan fingerprint density at radius 1 is 1.03 bits per heavy atom. The Balaban J connectivity index is 1.21. The fourth-order valence-corrected chi connectivity index (χ4v) is 4.65.